The Kier molecular flexibility index (Phi) is 5.64. The van der Waals surface area contributed by atoms with Crippen molar-refractivity contribution in [2.75, 3.05) is 19.3 Å². The van der Waals surface area contributed by atoms with Crippen molar-refractivity contribution in [3.8, 4) is 0 Å². The smallest absolute Gasteiger partial charge is 0.394 e. The molecule has 0 spiro atoms. The maximum Gasteiger partial charge on any atom is 0.394 e. The number of carbonyl (C=O) groups is 2. The lowest BCUT2D eigenvalue weighted by Gasteiger charge is -2.19. The zero-order valence-corrected chi connectivity index (χ0v) is 14.7. The first kappa shape index (κ1) is 20.2. The fourth-order valence-electron chi connectivity index (χ4n) is 2.95. The highest BCUT2D eigenvalue weighted by Crippen LogP contribution is 2.37. The van der Waals surface area contributed by atoms with Crippen LogP contribution in [0.15, 0.2) is 24.3 Å². The molecular weight excluding hydrogens is 375 g/mol. The summed E-state index contributed by atoms with van der Waals surface area (Å²) < 4.78 is 62.5. The SMILES string of the molecule is CS(=O)(=O)[C@@H]1CN(C(=O)CCc2ccc(C(=O)O)cc2)C[C@H]1C(F)(F)F. The van der Waals surface area contributed by atoms with E-state index < -0.39 is 52.1 Å². The Hall–Kier alpha value is -2.10. The van der Waals surface area contributed by atoms with E-state index in [1.165, 1.54) is 24.3 Å². The fraction of sp³-hybridized carbons (Fsp3) is 0.500. The number of aryl methyl sites for hydroxylation is 1. The van der Waals surface area contributed by atoms with Crippen LogP contribution in [0.25, 0.3) is 0 Å². The molecule has 1 aliphatic rings. The second-order valence-corrected chi connectivity index (χ2v) is 8.58. The third-order valence-corrected chi connectivity index (χ3v) is 6.00. The average molecular weight is 393 g/mol. The van der Waals surface area contributed by atoms with Gasteiger partial charge in [-0.15, -0.1) is 0 Å². The van der Waals surface area contributed by atoms with Gasteiger partial charge in [-0.1, -0.05) is 12.1 Å². The van der Waals surface area contributed by atoms with E-state index in [1.807, 2.05) is 0 Å². The van der Waals surface area contributed by atoms with Crippen LogP contribution in [-0.4, -0.2) is 61.1 Å². The van der Waals surface area contributed by atoms with Crippen molar-refractivity contribution >= 4 is 21.7 Å². The third kappa shape index (κ3) is 4.75. The number of sulfone groups is 1. The monoisotopic (exact) mass is 393 g/mol. The van der Waals surface area contributed by atoms with E-state index in [4.69, 9.17) is 5.11 Å². The van der Waals surface area contributed by atoms with Crippen LogP contribution >= 0.6 is 0 Å². The van der Waals surface area contributed by atoms with Crippen molar-refractivity contribution in [1.82, 2.24) is 4.90 Å². The van der Waals surface area contributed by atoms with Crippen LogP contribution in [0.4, 0.5) is 13.2 Å². The van der Waals surface area contributed by atoms with Gasteiger partial charge in [-0.05, 0) is 24.1 Å². The molecule has 6 nitrogen and oxygen atoms in total. The number of alkyl halides is 3. The second kappa shape index (κ2) is 7.26. The normalized spacial score (nSPS) is 21.0. The van der Waals surface area contributed by atoms with Gasteiger partial charge in [0.05, 0.1) is 16.7 Å². The van der Waals surface area contributed by atoms with Crippen LogP contribution in [0.3, 0.4) is 0 Å². The number of amides is 1. The first-order valence-electron chi connectivity index (χ1n) is 7.75. The molecule has 1 fully saturated rings. The van der Waals surface area contributed by atoms with Gasteiger partial charge in [0.25, 0.3) is 0 Å². The summed E-state index contributed by atoms with van der Waals surface area (Å²) in [4.78, 5) is 23.9. The molecule has 144 valence electrons. The first-order valence-corrected chi connectivity index (χ1v) is 9.70. The van der Waals surface area contributed by atoms with Gasteiger partial charge in [-0.25, -0.2) is 13.2 Å². The summed E-state index contributed by atoms with van der Waals surface area (Å²) in [6.07, 6.45) is -3.83. The Morgan fingerprint density at radius 3 is 2.19 bits per heavy atom. The number of hydrogen-bond donors (Lipinski definition) is 1. The number of halogens is 3. The summed E-state index contributed by atoms with van der Waals surface area (Å²) in [7, 11) is -3.95. The molecule has 1 aromatic rings. The van der Waals surface area contributed by atoms with Crippen LogP contribution in [0, 0.1) is 5.92 Å². The zero-order chi connectivity index (χ0) is 19.7. The van der Waals surface area contributed by atoms with Crippen molar-refractivity contribution in [2.45, 2.75) is 24.3 Å². The van der Waals surface area contributed by atoms with Crippen LogP contribution in [0.1, 0.15) is 22.3 Å². The lowest BCUT2D eigenvalue weighted by Crippen LogP contribution is -2.37. The molecule has 10 heteroatoms. The quantitative estimate of drug-likeness (QED) is 0.823. The number of nitrogens with zero attached hydrogens (tertiary/aromatic N) is 1. The van der Waals surface area contributed by atoms with Gasteiger partial charge < -0.3 is 10.0 Å². The molecule has 26 heavy (non-hydrogen) atoms. The molecule has 1 aromatic carbocycles. The third-order valence-electron chi connectivity index (χ3n) is 4.42. The number of benzene rings is 1. The molecule has 0 saturated carbocycles. The molecule has 1 N–H and O–H groups in total. The molecule has 1 amide bonds. The van der Waals surface area contributed by atoms with Crippen molar-refractivity contribution in [2.24, 2.45) is 5.92 Å². The minimum absolute atomic E-state index is 0.0867. The van der Waals surface area contributed by atoms with E-state index in [0.29, 0.717) is 5.56 Å². The number of carboxylic acid groups (broad SMARTS) is 1. The molecule has 1 saturated heterocycles. The minimum Gasteiger partial charge on any atom is -0.478 e. The van der Waals surface area contributed by atoms with E-state index in [2.05, 4.69) is 0 Å². The molecule has 2 rings (SSSR count). The summed E-state index contributed by atoms with van der Waals surface area (Å²) in [5, 5.41) is 7.17. The van der Waals surface area contributed by atoms with E-state index in [-0.39, 0.29) is 18.4 Å². The number of likely N-dealkylation sites (tertiary alicyclic amines) is 1. The number of rotatable bonds is 5. The Balaban J connectivity index is 2.02. The van der Waals surface area contributed by atoms with Crippen molar-refractivity contribution in [3.05, 3.63) is 35.4 Å². The molecule has 2 atom stereocenters. The summed E-state index contributed by atoms with van der Waals surface area (Å²) in [6, 6.07) is 5.80. The highest BCUT2D eigenvalue weighted by molar-refractivity contribution is 7.91. The molecular formula is C16H18F3NO5S. The molecule has 0 aliphatic carbocycles. The summed E-state index contributed by atoms with van der Waals surface area (Å²) in [5.41, 5.74) is 0.748. The summed E-state index contributed by atoms with van der Waals surface area (Å²) in [6.45, 7) is -1.14. The molecule has 0 unspecified atom stereocenters. The molecule has 1 aliphatic heterocycles. The highest BCUT2D eigenvalue weighted by atomic mass is 32.2. The molecule has 0 aromatic heterocycles. The number of carboxylic acids is 1. The molecule has 1 heterocycles. The van der Waals surface area contributed by atoms with E-state index in [9.17, 15) is 31.2 Å². The van der Waals surface area contributed by atoms with E-state index in [0.717, 1.165) is 11.2 Å². The number of hydrogen-bond acceptors (Lipinski definition) is 4. The second-order valence-electron chi connectivity index (χ2n) is 6.32. The van der Waals surface area contributed by atoms with Crippen molar-refractivity contribution in [3.63, 3.8) is 0 Å². The lowest BCUT2D eigenvalue weighted by atomic mass is 10.1. The van der Waals surface area contributed by atoms with Crippen LogP contribution < -0.4 is 0 Å². The van der Waals surface area contributed by atoms with Gasteiger partial charge >= 0.3 is 12.1 Å². The minimum atomic E-state index is -4.70. The topological polar surface area (TPSA) is 91.8 Å². The lowest BCUT2D eigenvalue weighted by molar-refractivity contribution is -0.170. The predicted molar refractivity (Wildman–Crippen MR) is 86.5 cm³/mol. The average Bonchev–Trinajstić information content (AvgIpc) is 2.99. The Morgan fingerprint density at radius 1 is 1.19 bits per heavy atom. The Morgan fingerprint density at radius 2 is 1.77 bits per heavy atom. The van der Waals surface area contributed by atoms with Crippen LogP contribution in [0.2, 0.25) is 0 Å². The fourth-order valence-corrected chi connectivity index (χ4v) is 4.24. The maximum atomic E-state index is 13.1. The largest absolute Gasteiger partial charge is 0.478 e. The van der Waals surface area contributed by atoms with Crippen molar-refractivity contribution in [1.29, 1.82) is 0 Å². The highest BCUT2D eigenvalue weighted by Gasteiger charge is 2.54. The van der Waals surface area contributed by atoms with Crippen LogP contribution in [0.5, 0.6) is 0 Å². The first-order chi connectivity index (χ1) is 11.9. The predicted octanol–water partition coefficient (Wildman–Crippen LogP) is 1.75. The molecule has 0 radical (unpaired) electrons. The van der Waals surface area contributed by atoms with Crippen molar-refractivity contribution < 1.29 is 36.3 Å². The van der Waals surface area contributed by atoms with Gasteiger partial charge in [0.2, 0.25) is 5.91 Å². The Labute approximate surface area is 148 Å². The van der Waals surface area contributed by atoms with Gasteiger partial charge in [-0.2, -0.15) is 13.2 Å². The van der Waals surface area contributed by atoms with Gasteiger partial charge in [0.15, 0.2) is 9.84 Å². The van der Waals surface area contributed by atoms with Gasteiger partial charge in [0.1, 0.15) is 0 Å². The van der Waals surface area contributed by atoms with E-state index >= 15 is 0 Å². The summed E-state index contributed by atoms with van der Waals surface area (Å²) >= 11 is 0. The standard InChI is InChI=1S/C16H18F3NO5S/c1-26(24,25)13-9-20(8-12(13)16(17,18)19)14(21)7-4-10-2-5-11(6-3-10)15(22)23/h2-3,5-6,12-13H,4,7-9H2,1H3,(H,22,23)/t12-,13-/m1/s1. The summed E-state index contributed by atoms with van der Waals surface area (Å²) in [5.74, 6) is -3.74. The zero-order valence-electron chi connectivity index (χ0n) is 13.9. The van der Waals surface area contributed by atoms with Gasteiger partial charge in [-0.3, -0.25) is 4.79 Å². The van der Waals surface area contributed by atoms with Crippen LogP contribution in [-0.2, 0) is 21.1 Å². The number of aromatic carboxylic acids is 1. The maximum absolute atomic E-state index is 13.1. The number of carbonyl (C=O) groups excluding carboxylic acids is 1. The van der Waals surface area contributed by atoms with E-state index in [1.54, 1.807) is 0 Å². The Bertz CT molecular complexity index is 789. The molecule has 0 bridgehead atoms. The van der Waals surface area contributed by atoms with Gasteiger partial charge in [0, 0.05) is 25.8 Å².